The van der Waals surface area contributed by atoms with Crippen molar-refractivity contribution in [2.75, 3.05) is 6.61 Å². The monoisotopic (exact) mass is 430 g/mol. The third-order valence-corrected chi connectivity index (χ3v) is 4.20. The van der Waals surface area contributed by atoms with E-state index in [1.165, 1.54) is 24.3 Å². The number of hydrogen-bond acceptors (Lipinski definition) is 3. The maximum Gasteiger partial charge on any atom is 0.417 e. The molecule has 0 bridgehead atoms. The summed E-state index contributed by atoms with van der Waals surface area (Å²) in [6.07, 6.45) is -4.32. The van der Waals surface area contributed by atoms with Crippen LogP contribution in [0.25, 0.3) is 5.57 Å². The average molecular weight is 431 g/mol. The Balaban J connectivity index is 2.46. The molecule has 0 fully saturated rings. The topological polar surface area (TPSA) is 43.4 Å². The van der Waals surface area contributed by atoms with Crippen molar-refractivity contribution < 1.29 is 27.5 Å². The number of esters is 1. The summed E-state index contributed by atoms with van der Waals surface area (Å²) in [5.74, 6) is -1.44. The Morgan fingerprint density at radius 3 is 2.14 bits per heavy atom. The van der Waals surface area contributed by atoms with Gasteiger partial charge in [-0.3, -0.25) is 4.79 Å². The zero-order valence-electron chi connectivity index (χ0n) is 14.9. The third kappa shape index (κ3) is 5.36. The summed E-state index contributed by atoms with van der Waals surface area (Å²) in [6, 6.07) is 7.41. The van der Waals surface area contributed by atoms with Crippen LogP contribution in [0.15, 0.2) is 42.5 Å². The quantitative estimate of drug-likeness (QED) is 0.317. The van der Waals surface area contributed by atoms with Crippen LogP contribution >= 0.6 is 23.2 Å². The van der Waals surface area contributed by atoms with Crippen molar-refractivity contribution in [3.05, 3.63) is 74.8 Å². The van der Waals surface area contributed by atoms with E-state index >= 15 is 0 Å². The Labute approximate surface area is 169 Å². The number of ketones is 1. The normalized spacial score (nSPS) is 12.0. The first-order valence-electron chi connectivity index (χ1n) is 8.10. The summed E-state index contributed by atoms with van der Waals surface area (Å²) < 4.78 is 45.4. The molecule has 148 valence electrons. The van der Waals surface area contributed by atoms with E-state index < -0.39 is 23.5 Å². The van der Waals surface area contributed by atoms with Gasteiger partial charge in [0, 0.05) is 15.6 Å². The molecule has 0 spiro atoms. The van der Waals surface area contributed by atoms with Gasteiger partial charge in [0.15, 0.2) is 5.78 Å². The van der Waals surface area contributed by atoms with E-state index in [-0.39, 0.29) is 33.3 Å². The van der Waals surface area contributed by atoms with Crippen LogP contribution in [0.5, 0.6) is 0 Å². The molecular weight excluding hydrogens is 416 g/mol. The average Bonchev–Trinajstić information content (AvgIpc) is 2.57. The van der Waals surface area contributed by atoms with Crippen molar-refractivity contribution in [2.24, 2.45) is 0 Å². The molecular formula is C20H15Cl2F3O3. The maximum absolute atomic E-state index is 13.5. The number of carbonyl (C=O) groups excluding carboxylic acids is 2. The molecule has 0 saturated carbocycles. The standard InChI is InChI=1S/C20H15Cl2F3O3/c1-3-28-19(27)16-5-4-12(6-11(16)2)18(26)10-17(20(23,24)25)13-7-14(21)9-15(22)8-13/h4-10H,3H2,1-2H3/b17-10-. The van der Waals surface area contributed by atoms with E-state index in [0.717, 1.165) is 12.1 Å². The Kier molecular flexibility index (Phi) is 6.91. The predicted molar refractivity (Wildman–Crippen MR) is 102 cm³/mol. The van der Waals surface area contributed by atoms with Crippen molar-refractivity contribution in [1.29, 1.82) is 0 Å². The van der Waals surface area contributed by atoms with E-state index in [1.807, 2.05) is 0 Å². The Bertz CT molecular complexity index is 930. The van der Waals surface area contributed by atoms with Gasteiger partial charge < -0.3 is 4.74 Å². The fourth-order valence-electron chi connectivity index (χ4n) is 2.51. The SMILES string of the molecule is CCOC(=O)c1ccc(C(=O)/C=C(/c2cc(Cl)cc(Cl)c2)C(F)(F)F)cc1C. The Morgan fingerprint density at radius 2 is 1.64 bits per heavy atom. The zero-order valence-corrected chi connectivity index (χ0v) is 16.4. The lowest BCUT2D eigenvalue weighted by Gasteiger charge is -2.13. The lowest BCUT2D eigenvalue weighted by atomic mass is 9.99. The number of rotatable bonds is 5. The van der Waals surface area contributed by atoms with Crippen molar-refractivity contribution in [3.8, 4) is 0 Å². The van der Waals surface area contributed by atoms with Gasteiger partial charge in [0.2, 0.25) is 0 Å². The lowest BCUT2D eigenvalue weighted by molar-refractivity contribution is -0.0689. The van der Waals surface area contributed by atoms with Gasteiger partial charge in [-0.05, 0) is 61.4 Å². The van der Waals surface area contributed by atoms with E-state index in [0.29, 0.717) is 11.6 Å². The minimum atomic E-state index is -4.80. The second kappa shape index (κ2) is 8.80. The first-order chi connectivity index (χ1) is 13.0. The van der Waals surface area contributed by atoms with Crippen molar-refractivity contribution >= 4 is 40.5 Å². The van der Waals surface area contributed by atoms with Crippen molar-refractivity contribution in [3.63, 3.8) is 0 Å². The van der Waals surface area contributed by atoms with Gasteiger partial charge in [-0.1, -0.05) is 29.3 Å². The van der Waals surface area contributed by atoms with Crippen LogP contribution in [0.1, 0.15) is 38.8 Å². The van der Waals surface area contributed by atoms with Crippen LogP contribution in [-0.4, -0.2) is 24.5 Å². The highest BCUT2D eigenvalue weighted by atomic mass is 35.5. The number of hydrogen-bond donors (Lipinski definition) is 0. The molecule has 2 aromatic carbocycles. The van der Waals surface area contributed by atoms with Gasteiger partial charge in [0.25, 0.3) is 0 Å². The second-order valence-electron chi connectivity index (χ2n) is 5.83. The maximum atomic E-state index is 13.5. The molecule has 0 N–H and O–H groups in total. The van der Waals surface area contributed by atoms with Gasteiger partial charge in [-0.2, -0.15) is 13.2 Å². The molecule has 0 radical (unpaired) electrons. The molecule has 2 rings (SSSR count). The number of benzene rings is 2. The Morgan fingerprint density at radius 1 is 1.04 bits per heavy atom. The van der Waals surface area contributed by atoms with Gasteiger partial charge in [0.1, 0.15) is 0 Å². The minimum Gasteiger partial charge on any atom is -0.462 e. The summed E-state index contributed by atoms with van der Waals surface area (Å²) >= 11 is 11.6. The molecule has 0 aliphatic carbocycles. The fourth-order valence-corrected chi connectivity index (χ4v) is 3.03. The summed E-state index contributed by atoms with van der Waals surface area (Å²) in [5.41, 5.74) is -0.843. The molecule has 0 unspecified atom stereocenters. The summed E-state index contributed by atoms with van der Waals surface area (Å²) in [7, 11) is 0. The van der Waals surface area contributed by atoms with Crippen molar-refractivity contribution in [2.45, 2.75) is 20.0 Å². The van der Waals surface area contributed by atoms with Crippen LogP contribution in [0.4, 0.5) is 13.2 Å². The number of alkyl halides is 3. The molecule has 2 aromatic rings. The first kappa shape index (κ1) is 22.0. The largest absolute Gasteiger partial charge is 0.462 e. The smallest absolute Gasteiger partial charge is 0.417 e. The molecule has 28 heavy (non-hydrogen) atoms. The van der Waals surface area contributed by atoms with Crippen LogP contribution in [0.2, 0.25) is 10.0 Å². The lowest BCUT2D eigenvalue weighted by Crippen LogP contribution is -2.13. The highest BCUT2D eigenvalue weighted by Gasteiger charge is 2.35. The number of ether oxygens (including phenoxy) is 1. The van der Waals surface area contributed by atoms with Crippen LogP contribution in [-0.2, 0) is 4.74 Å². The summed E-state index contributed by atoms with van der Waals surface area (Å²) in [4.78, 5) is 24.3. The van der Waals surface area contributed by atoms with E-state index in [2.05, 4.69) is 0 Å². The number of aryl methyl sites for hydroxylation is 1. The van der Waals surface area contributed by atoms with Gasteiger partial charge >= 0.3 is 12.1 Å². The molecule has 0 amide bonds. The van der Waals surface area contributed by atoms with Crippen LogP contribution in [0.3, 0.4) is 0 Å². The predicted octanol–water partition coefficient (Wildman–Crippen LogP) is 6.31. The number of halogens is 5. The molecule has 0 atom stereocenters. The van der Waals surface area contributed by atoms with E-state index in [4.69, 9.17) is 27.9 Å². The molecule has 0 aliphatic rings. The molecule has 3 nitrogen and oxygen atoms in total. The van der Waals surface area contributed by atoms with Gasteiger partial charge in [-0.15, -0.1) is 0 Å². The number of allylic oxidation sites excluding steroid dienone is 2. The summed E-state index contributed by atoms with van der Waals surface area (Å²) in [6.45, 7) is 3.39. The second-order valence-corrected chi connectivity index (χ2v) is 6.70. The van der Waals surface area contributed by atoms with E-state index in [1.54, 1.807) is 13.8 Å². The minimum absolute atomic E-state index is 0.000392. The Hall–Kier alpha value is -2.31. The molecule has 8 heteroatoms. The molecule has 0 aliphatic heterocycles. The van der Waals surface area contributed by atoms with Crippen LogP contribution < -0.4 is 0 Å². The number of carbonyl (C=O) groups is 2. The van der Waals surface area contributed by atoms with Gasteiger partial charge in [-0.25, -0.2) is 4.79 Å². The molecule has 0 heterocycles. The highest BCUT2D eigenvalue weighted by molar-refractivity contribution is 6.35. The first-order valence-corrected chi connectivity index (χ1v) is 8.86. The highest BCUT2D eigenvalue weighted by Crippen LogP contribution is 2.36. The van der Waals surface area contributed by atoms with Crippen molar-refractivity contribution in [1.82, 2.24) is 0 Å². The molecule has 0 saturated heterocycles. The molecule has 0 aromatic heterocycles. The fraction of sp³-hybridized carbons (Fsp3) is 0.200. The summed E-state index contributed by atoms with van der Waals surface area (Å²) in [5, 5.41) is 0.0273. The van der Waals surface area contributed by atoms with Crippen LogP contribution in [0, 0.1) is 6.92 Å². The zero-order chi connectivity index (χ0) is 21.1. The third-order valence-electron chi connectivity index (χ3n) is 3.76. The van der Waals surface area contributed by atoms with E-state index in [9.17, 15) is 22.8 Å². The van der Waals surface area contributed by atoms with Gasteiger partial charge in [0.05, 0.1) is 17.7 Å².